The minimum atomic E-state index is -0.797. The maximum Gasteiger partial charge on any atom is 0.331 e. The Balaban J connectivity index is 1.65. The molecule has 1 aliphatic heterocycles. The molecule has 4 atom stereocenters. The number of carbonyl (C=O) groups is 2. The van der Waals surface area contributed by atoms with E-state index in [1.165, 1.54) is 19.3 Å². The van der Waals surface area contributed by atoms with Gasteiger partial charge >= 0.3 is 5.91 Å². The Morgan fingerprint density at radius 2 is 1.97 bits per heavy atom. The van der Waals surface area contributed by atoms with E-state index in [1.807, 2.05) is 13.0 Å². The van der Waals surface area contributed by atoms with Gasteiger partial charge in [0.25, 0.3) is 5.91 Å². The number of primary amides is 1. The molecule has 0 spiro atoms. The summed E-state index contributed by atoms with van der Waals surface area (Å²) in [5.74, 6) is 0.760. The molecule has 1 aromatic heterocycles. The first-order chi connectivity index (χ1) is 13.8. The Morgan fingerprint density at radius 3 is 2.59 bits per heavy atom. The van der Waals surface area contributed by atoms with E-state index in [4.69, 9.17) is 17.2 Å². The Kier molecular flexibility index (Phi) is 5.15. The van der Waals surface area contributed by atoms with Crippen molar-refractivity contribution in [1.29, 1.82) is 0 Å². The summed E-state index contributed by atoms with van der Waals surface area (Å²) in [6.45, 7) is 2.93. The number of likely N-dealkylation sites (tertiary alicyclic amines) is 1. The number of aryl methyl sites for hydroxylation is 1. The Bertz CT molecular complexity index is 821. The number of quaternary nitrogens is 1. The summed E-state index contributed by atoms with van der Waals surface area (Å²) in [5.41, 5.74) is 19.2. The van der Waals surface area contributed by atoms with Crippen molar-refractivity contribution in [3.63, 3.8) is 0 Å². The number of aromatic nitrogens is 1. The molecule has 2 saturated carbocycles. The van der Waals surface area contributed by atoms with E-state index in [2.05, 4.69) is 4.98 Å². The lowest BCUT2D eigenvalue weighted by atomic mass is 9.84. The maximum absolute atomic E-state index is 13.9. The van der Waals surface area contributed by atoms with Gasteiger partial charge < -0.3 is 17.2 Å². The molecule has 1 saturated heterocycles. The molecule has 2 aliphatic carbocycles. The quantitative estimate of drug-likeness (QED) is 0.628. The Labute approximate surface area is 172 Å². The van der Waals surface area contributed by atoms with Crippen molar-refractivity contribution < 1.29 is 14.1 Å². The van der Waals surface area contributed by atoms with Crippen LogP contribution in [0.2, 0.25) is 0 Å². The number of fused-ring (bicyclic) bond motifs is 1. The lowest BCUT2D eigenvalue weighted by molar-refractivity contribution is -0.885. The second-order valence-corrected chi connectivity index (χ2v) is 9.49. The number of piperidine rings is 1. The van der Waals surface area contributed by atoms with Crippen LogP contribution in [0.15, 0.2) is 12.1 Å². The van der Waals surface area contributed by atoms with Crippen molar-refractivity contribution in [2.24, 2.45) is 23.3 Å². The van der Waals surface area contributed by atoms with Gasteiger partial charge in [-0.3, -0.25) is 4.79 Å². The van der Waals surface area contributed by atoms with Crippen LogP contribution in [0.5, 0.6) is 0 Å². The van der Waals surface area contributed by atoms with Crippen LogP contribution in [-0.4, -0.2) is 39.4 Å². The monoisotopic (exact) mass is 400 g/mol. The van der Waals surface area contributed by atoms with Gasteiger partial charge in [-0.25, -0.2) is 14.3 Å². The van der Waals surface area contributed by atoms with Crippen LogP contribution < -0.4 is 17.2 Å². The summed E-state index contributed by atoms with van der Waals surface area (Å²) in [6, 6.07) is 3.11. The van der Waals surface area contributed by atoms with E-state index in [0.717, 1.165) is 30.5 Å². The lowest BCUT2D eigenvalue weighted by Crippen LogP contribution is -2.67. The molecule has 3 fully saturated rings. The molecule has 6 N–H and O–H groups in total. The number of hydrogen-bond acceptors (Lipinski definition) is 5. The van der Waals surface area contributed by atoms with Crippen LogP contribution in [0, 0.1) is 18.8 Å². The van der Waals surface area contributed by atoms with Crippen molar-refractivity contribution in [2.45, 2.75) is 76.4 Å². The molecule has 0 radical (unpaired) electrons. The fraction of sp³-hybridized carbons (Fsp3) is 0.682. The van der Waals surface area contributed by atoms with Crippen LogP contribution in [0.4, 0.5) is 5.82 Å². The van der Waals surface area contributed by atoms with Crippen LogP contribution >= 0.6 is 0 Å². The third-order valence-electron chi connectivity index (χ3n) is 7.83. The minimum absolute atomic E-state index is 0.0226. The molecular weight excluding hydrogens is 366 g/mol. The minimum Gasteiger partial charge on any atom is -0.384 e. The first kappa shape index (κ1) is 20.3. The molecule has 2 amide bonds. The van der Waals surface area contributed by atoms with Crippen LogP contribution in [0.25, 0.3) is 0 Å². The van der Waals surface area contributed by atoms with Crippen molar-refractivity contribution in [2.75, 3.05) is 12.3 Å². The first-order valence-electron chi connectivity index (χ1n) is 11.0. The van der Waals surface area contributed by atoms with Crippen molar-refractivity contribution >= 4 is 17.6 Å². The van der Waals surface area contributed by atoms with Gasteiger partial charge in [0.15, 0.2) is 5.54 Å². The summed E-state index contributed by atoms with van der Waals surface area (Å²) in [4.78, 5) is 30.8. The molecule has 4 rings (SSSR count). The van der Waals surface area contributed by atoms with Gasteiger partial charge in [-0.2, -0.15) is 0 Å². The molecule has 158 valence electrons. The molecule has 7 nitrogen and oxygen atoms in total. The second kappa shape index (κ2) is 7.36. The summed E-state index contributed by atoms with van der Waals surface area (Å²) in [6.07, 6.45) is 8.23. The normalized spacial score (nSPS) is 32.6. The highest BCUT2D eigenvalue weighted by molar-refractivity contribution is 5.91. The fourth-order valence-electron chi connectivity index (χ4n) is 6.14. The number of carbonyl (C=O) groups excluding carboxylic acids is 2. The number of nitrogens with two attached hydrogens (primary N) is 3. The molecule has 1 aromatic rings. The standard InChI is InChI=1S/C22H33N5O2/c1-14-16(7-8-19(24)26-14)13-27(10-9-17-12-22(17,27)21(25)29)20(28)18(23)11-15-5-3-2-4-6-15/h7-8,15,17-18H,2-6,9-13,23H2,1H3,(H3-,24,25,26,29)/p+1/t17-,18-,22+,27?/m1/s1. The number of amides is 2. The average molecular weight is 401 g/mol. The molecule has 7 heteroatoms. The lowest BCUT2D eigenvalue weighted by Gasteiger charge is -2.41. The van der Waals surface area contributed by atoms with E-state index in [1.54, 1.807) is 6.07 Å². The molecule has 0 aromatic carbocycles. The largest absolute Gasteiger partial charge is 0.384 e. The molecule has 1 unspecified atom stereocenters. The topological polar surface area (TPSA) is 125 Å². The molecule has 2 heterocycles. The zero-order chi connectivity index (χ0) is 20.8. The van der Waals surface area contributed by atoms with E-state index in [9.17, 15) is 9.59 Å². The maximum atomic E-state index is 13.9. The van der Waals surface area contributed by atoms with Crippen molar-refractivity contribution in [1.82, 2.24) is 4.98 Å². The highest BCUT2D eigenvalue weighted by atomic mass is 16.2. The fourth-order valence-corrected chi connectivity index (χ4v) is 6.14. The summed E-state index contributed by atoms with van der Waals surface area (Å²) >= 11 is 0. The second-order valence-electron chi connectivity index (χ2n) is 9.49. The summed E-state index contributed by atoms with van der Waals surface area (Å²) in [7, 11) is 0. The summed E-state index contributed by atoms with van der Waals surface area (Å²) < 4.78 is 0.0628. The van der Waals surface area contributed by atoms with Gasteiger partial charge in [0.05, 0.1) is 6.54 Å². The number of nitrogens with zero attached hydrogens (tertiary/aromatic N) is 2. The SMILES string of the molecule is Cc1nc(N)ccc1C[N+]1(C(=O)[C@H](N)CC2CCCCC2)CC[C@@H]2C[C@@]21C(N)=O. The van der Waals surface area contributed by atoms with E-state index < -0.39 is 11.6 Å². The van der Waals surface area contributed by atoms with Gasteiger partial charge in [-0.15, -0.1) is 0 Å². The van der Waals surface area contributed by atoms with Gasteiger partial charge in [-0.1, -0.05) is 32.1 Å². The highest BCUT2D eigenvalue weighted by Gasteiger charge is 2.79. The molecule has 29 heavy (non-hydrogen) atoms. The van der Waals surface area contributed by atoms with Crippen molar-refractivity contribution in [3.05, 3.63) is 23.4 Å². The van der Waals surface area contributed by atoms with E-state index in [0.29, 0.717) is 37.7 Å². The van der Waals surface area contributed by atoms with Crippen LogP contribution in [-0.2, 0) is 16.1 Å². The smallest absolute Gasteiger partial charge is 0.331 e. The average Bonchev–Trinajstić information content (AvgIpc) is 3.36. The summed E-state index contributed by atoms with van der Waals surface area (Å²) in [5, 5.41) is 0. The van der Waals surface area contributed by atoms with E-state index >= 15 is 0 Å². The Morgan fingerprint density at radius 1 is 1.24 bits per heavy atom. The highest BCUT2D eigenvalue weighted by Crippen LogP contribution is 2.61. The zero-order valence-corrected chi connectivity index (χ0v) is 17.4. The van der Waals surface area contributed by atoms with E-state index in [-0.39, 0.29) is 22.2 Å². The van der Waals surface area contributed by atoms with Gasteiger partial charge in [0.1, 0.15) is 18.4 Å². The number of nitrogen functional groups attached to an aromatic ring is 1. The van der Waals surface area contributed by atoms with Crippen LogP contribution in [0.1, 0.15) is 62.6 Å². The predicted octanol–water partition coefficient (Wildman–Crippen LogP) is 1.76. The number of rotatable bonds is 6. The van der Waals surface area contributed by atoms with Crippen LogP contribution in [0.3, 0.4) is 0 Å². The number of hydrogen-bond donors (Lipinski definition) is 3. The first-order valence-corrected chi connectivity index (χ1v) is 11.0. The number of anilines is 1. The van der Waals surface area contributed by atoms with Crippen molar-refractivity contribution in [3.8, 4) is 0 Å². The Hall–Kier alpha value is -1.99. The van der Waals surface area contributed by atoms with Gasteiger partial charge in [0, 0.05) is 30.0 Å². The molecular formula is C22H34N5O2+. The third-order valence-corrected chi connectivity index (χ3v) is 7.83. The molecule has 0 bridgehead atoms. The van der Waals surface area contributed by atoms with Gasteiger partial charge in [0.2, 0.25) is 0 Å². The predicted molar refractivity (Wildman–Crippen MR) is 111 cm³/mol. The van der Waals surface area contributed by atoms with Gasteiger partial charge in [-0.05, 0) is 31.4 Å². The zero-order valence-electron chi connectivity index (χ0n) is 17.4. The molecule has 3 aliphatic rings. The number of pyridine rings is 1. The third kappa shape index (κ3) is 3.24.